The van der Waals surface area contributed by atoms with Crippen LogP contribution < -0.4 is 5.73 Å². The summed E-state index contributed by atoms with van der Waals surface area (Å²) in [4.78, 5) is 15.7. The molecule has 0 saturated carbocycles. The van der Waals surface area contributed by atoms with E-state index in [9.17, 15) is 9.18 Å². The van der Waals surface area contributed by atoms with Gasteiger partial charge >= 0.3 is 0 Å². The lowest BCUT2D eigenvalue weighted by atomic mass is 9.89. The zero-order valence-corrected chi connectivity index (χ0v) is 15.4. The van der Waals surface area contributed by atoms with Crippen LogP contribution in [0.3, 0.4) is 0 Å². The van der Waals surface area contributed by atoms with Crippen LogP contribution in [0.25, 0.3) is 10.1 Å². The van der Waals surface area contributed by atoms with Crippen LogP contribution in [0.1, 0.15) is 26.7 Å². The maximum Gasteiger partial charge on any atom is 0.264 e. The zero-order chi connectivity index (χ0) is 18.3. The van der Waals surface area contributed by atoms with Crippen molar-refractivity contribution in [3.63, 3.8) is 0 Å². The number of benzene rings is 2. The highest BCUT2D eigenvalue weighted by Gasteiger charge is 2.36. The van der Waals surface area contributed by atoms with Crippen molar-refractivity contribution in [1.29, 1.82) is 0 Å². The summed E-state index contributed by atoms with van der Waals surface area (Å²) in [7, 11) is 0. The minimum atomic E-state index is -0.265. The van der Waals surface area contributed by atoms with Gasteiger partial charge in [-0.1, -0.05) is 36.4 Å². The number of nitrogens with two attached hydrogens (primary N) is 1. The Morgan fingerprint density at radius 2 is 1.96 bits per heavy atom. The molecule has 4 rings (SSSR count). The van der Waals surface area contributed by atoms with Gasteiger partial charge in [0.2, 0.25) is 0 Å². The van der Waals surface area contributed by atoms with Gasteiger partial charge in [-0.05, 0) is 42.6 Å². The molecule has 2 heterocycles. The maximum atomic E-state index is 14.2. The quantitative estimate of drug-likeness (QED) is 0.754. The number of aryl methyl sites for hydroxylation is 1. The summed E-state index contributed by atoms with van der Waals surface area (Å²) in [5.74, 6) is 0.211. The Balaban J connectivity index is 1.65. The fourth-order valence-corrected chi connectivity index (χ4v) is 5.15. The first kappa shape index (κ1) is 17.2. The van der Waals surface area contributed by atoms with Gasteiger partial charge in [-0.2, -0.15) is 0 Å². The Morgan fingerprint density at radius 3 is 2.65 bits per heavy atom. The third-order valence-electron chi connectivity index (χ3n) is 5.36. The summed E-state index contributed by atoms with van der Waals surface area (Å²) in [5.41, 5.74) is 7.95. The Kier molecular flexibility index (Phi) is 4.51. The molecule has 2 aromatic carbocycles. The lowest BCUT2D eigenvalue weighted by Gasteiger charge is -2.16. The van der Waals surface area contributed by atoms with Gasteiger partial charge in [-0.25, -0.2) is 4.39 Å². The number of amides is 1. The first-order valence-corrected chi connectivity index (χ1v) is 9.63. The number of carbonyl (C=O) groups excluding carboxylic acids is 1. The first-order chi connectivity index (χ1) is 12.6. The van der Waals surface area contributed by atoms with E-state index in [1.807, 2.05) is 36.1 Å². The van der Waals surface area contributed by atoms with E-state index < -0.39 is 0 Å². The van der Waals surface area contributed by atoms with Gasteiger partial charge in [-0.3, -0.25) is 4.79 Å². The second-order valence-electron chi connectivity index (χ2n) is 6.89. The minimum Gasteiger partial charge on any atom is -0.337 e. The van der Waals surface area contributed by atoms with Gasteiger partial charge in [0.1, 0.15) is 5.82 Å². The van der Waals surface area contributed by atoms with Crippen molar-refractivity contribution < 1.29 is 9.18 Å². The van der Waals surface area contributed by atoms with Crippen LogP contribution in [-0.2, 0) is 0 Å². The molecule has 1 aromatic heterocycles. The summed E-state index contributed by atoms with van der Waals surface area (Å²) >= 11 is 1.38. The summed E-state index contributed by atoms with van der Waals surface area (Å²) in [6.07, 6.45) is 0. The smallest absolute Gasteiger partial charge is 0.264 e. The first-order valence-electron chi connectivity index (χ1n) is 8.82. The van der Waals surface area contributed by atoms with Gasteiger partial charge in [0.05, 0.1) is 4.88 Å². The van der Waals surface area contributed by atoms with Crippen molar-refractivity contribution in [2.75, 3.05) is 19.6 Å². The highest BCUT2D eigenvalue weighted by molar-refractivity contribution is 7.21. The maximum absolute atomic E-state index is 14.2. The lowest BCUT2D eigenvalue weighted by molar-refractivity contribution is 0.0790. The molecule has 0 unspecified atom stereocenters. The van der Waals surface area contributed by atoms with E-state index >= 15 is 0 Å². The molecule has 26 heavy (non-hydrogen) atoms. The molecule has 2 atom stereocenters. The molecule has 2 N–H and O–H groups in total. The van der Waals surface area contributed by atoms with Crippen LogP contribution in [0.4, 0.5) is 4.39 Å². The Morgan fingerprint density at radius 1 is 1.19 bits per heavy atom. The Bertz CT molecular complexity index is 953. The standard InChI is InChI=1S/C21H21FN2OS/c1-13-19-17(22)8-5-9-18(19)26-20(13)21(25)24-11-15(10-23)16(12-24)14-6-3-2-4-7-14/h2-9,15-16H,10-12,23H2,1H3/t15-,16+/m1/s1. The largest absolute Gasteiger partial charge is 0.337 e. The topological polar surface area (TPSA) is 46.3 Å². The van der Waals surface area contributed by atoms with Crippen molar-refractivity contribution in [2.45, 2.75) is 12.8 Å². The molecule has 0 spiro atoms. The van der Waals surface area contributed by atoms with Gasteiger partial charge < -0.3 is 10.6 Å². The average Bonchev–Trinajstić information content (AvgIpc) is 3.24. The van der Waals surface area contributed by atoms with Gasteiger partial charge in [0, 0.05) is 29.1 Å². The predicted octanol–water partition coefficient (Wildman–Crippen LogP) is 4.16. The van der Waals surface area contributed by atoms with E-state index in [1.165, 1.54) is 23.0 Å². The molecule has 1 aliphatic heterocycles. The number of rotatable bonds is 3. The van der Waals surface area contributed by atoms with Crippen LogP contribution in [-0.4, -0.2) is 30.4 Å². The minimum absolute atomic E-state index is 0.0139. The molecule has 1 aliphatic rings. The van der Waals surface area contributed by atoms with Gasteiger partial charge in [0.15, 0.2) is 0 Å². The highest BCUT2D eigenvalue weighted by Crippen LogP contribution is 2.37. The molecule has 5 heteroatoms. The van der Waals surface area contributed by atoms with Crippen molar-refractivity contribution in [3.05, 3.63) is 70.4 Å². The number of nitrogens with zero attached hydrogens (tertiary/aromatic N) is 1. The van der Waals surface area contributed by atoms with E-state index in [1.54, 1.807) is 6.07 Å². The molecule has 3 nitrogen and oxygen atoms in total. The van der Waals surface area contributed by atoms with E-state index in [0.29, 0.717) is 29.9 Å². The number of thiophene rings is 1. The highest BCUT2D eigenvalue weighted by atomic mass is 32.1. The summed E-state index contributed by atoms with van der Waals surface area (Å²) in [6, 6.07) is 15.2. The molecule has 0 radical (unpaired) electrons. The number of likely N-dealkylation sites (tertiary alicyclic amines) is 1. The Labute approximate surface area is 156 Å². The fraction of sp³-hybridized carbons (Fsp3) is 0.286. The monoisotopic (exact) mass is 368 g/mol. The van der Waals surface area contributed by atoms with E-state index in [4.69, 9.17) is 5.73 Å². The van der Waals surface area contributed by atoms with Gasteiger partial charge in [-0.15, -0.1) is 11.3 Å². The number of carbonyl (C=O) groups is 1. The van der Waals surface area contributed by atoms with E-state index in [0.717, 1.165) is 10.3 Å². The zero-order valence-electron chi connectivity index (χ0n) is 14.6. The molecule has 1 fully saturated rings. The molecule has 1 amide bonds. The van der Waals surface area contributed by atoms with Crippen LogP contribution in [0.15, 0.2) is 48.5 Å². The normalized spacial score (nSPS) is 20.0. The van der Waals surface area contributed by atoms with Crippen molar-refractivity contribution in [3.8, 4) is 0 Å². The number of hydrogen-bond donors (Lipinski definition) is 1. The number of hydrogen-bond acceptors (Lipinski definition) is 3. The SMILES string of the molecule is Cc1c(C(=O)N2C[C@@H](CN)[C@H](c3ccccc3)C2)sc2cccc(F)c12. The molecular weight excluding hydrogens is 347 g/mol. The van der Waals surface area contributed by atoms with Crippen molar-refractivity contribution in [2.24, 2.45) is 11.7 Å². The molecule has 0 aliphatic carbocycles. The second kappa shape index (κ2) is 6.82. The summed E-state index contributed by atoms with van der Waals surface area (Å²) in [5, 5.41) is 0.565. The van der Waals surface area contributed by atoms with Crippen LogP contribution >= 0.6 is 11.3 Å². The van der Waals surface area contributed by atoms with Crippen LogP contribution in [0.2, 0.25) is 0 Å². The predicted molar refractivity (Wildman–Crippen MR) is 104 cm³/mol. The second-order valence-corrected chi connectivity index (χ2v) is 7.94. The van der Waals surface area contributed by atoms with Gasteiger partial charge in [0.25, 0.3) is 5.91 Å². The van der Waals surface area contributed by atoms with Crippen LogP contribution in [0, 0.1) is 18.7 Å². The molecular formula is C21H21FN2OS. The fourth-order valence-electron chi connectivity index (χ4n) is 3.95. The average molecular weight is 368 g/mol. The molecule has 134 valence electrons. The summed E-state index contributed by atoms with van der Waals surface area (Å²) < 4.78 is 15.0. The van der Waals surface area contributed by atoms with E-state index in [-0.39, 0.29) is 23.6 Å². The molecule has 1 saturated heterocycles. The molecule has 0 bridgehead atoms. The van der Waals surface area contributed by atoms with Crippen molar-refractivity contribution >= 4 is 27.3 Å². The van der Waals surface area contributed by atoms with E-state index in [2.05, 4.69) is 12.1 Å². The summed E-state index contributed by atoms with van der Waals surface area (Å²) in [6.45, 7) is 3.68. The third-order valence-corrected chi connectivity index (χ3v) is 6.60. The third kappa shape index (κ3) is 2.81. The lowest BCUT2D eigenvalue weighted by Crippen LogP contribution is -2.29. The van der Waals surface area contributed by atoms with Crippen LogP contribution in [0.5, 0.6) is 0 Å². The van der Waals surface area contributed by atoms with Crippen molar-refractivity contribution in [1.82, 2.24) is 4.90 Å². The number of fused-ring (bicyclic) bond motifs is 1. The Hall–Kier alpha value is -2.24. The number of halogens is 1. The molecule has 3 aromatic rings.